The second-order valence-corrected chi connectivity index (χ2v) is 18.9. The van der Waals surface area contributed by atoms with Crippen molar-refractivity contribution >= 4 is 48.8 Å². The van der Waals surface area contributed by atoms with E-state index in [2.05, 4.69) is 19.6 Å². The second kappa shape index (κ2) is 13.9. The third-order valence-electron chi connectivity index (χ3n) is 7.86. The molecule has 2 aromatic rings. The van der Waals surface area contributed by atoms with Gasteiger partial charge >= 0.3 is 11.9 Å². The molecule has 4 rings (SSSR count). The Morgan fingerprint density at radius 2 is 1.95 bits per heavy atom. The number of cyclic esters (lactones) is 1. The van der Waals surface area contributed by atoms with E-state index in [-0.39, 0.29) is 37.8 Å². The summed E-state index contributed by atoms with van der Waals surface area (Å²) in [4.78, 5) is 53.0. The number of carbonyl (C=O) groups is 3. The summed E-state index contributed by atoms with van der Waals surface area (Å²) in [6.07, 6.45) is 5.16. The van der Waals surface area contributed by atoms with Gasteiger partial charge < -0.3 is 24.0 Å². The minimum absolute atomic E-state index is 0.0466. The van der Waals surface area contributed by atoms with Gasteiger partial charge in [-0.25, -0.2) is 9.78 Å². The third-order valence-corrected chi connectivity index (χ3v) is 9.57. The Labute approximate surface area is 255 Å². The highest BCUT2D eigenvalue weighted by Crippen LogP contribution is 2.32. The molecule has 0 saturated carbocycles. The Balaban J connectivity index is 1.72. The maximum atomic E-state index is 14.0. The summed E-state index contributed by atoms with van der Waals surface area (Å²) in [5.74, 6) is -0.987. The zero-order valence-electron chi connectivity index (χ0n) is 26.6. The zero-order chi connectivity index (χ0) is 31.3. The molecule has 3 atom stereocenters. The maximum Gasteiger partial charge on any atom is 0.328 e. The third kappa shape index (κ3) is 8.55. The number of rotatable bonds is 6. The standard InChI is InChI=1S/C32H46N4O6Si/c1-21(2)24-19-28(37)40-14-10-8-9-11-22-12-13-26-25(17-22)29(34-32(33-26)35(3)4)42-23-18-27(36(20-23)30(24)38)31(39)41-15-16-43(5,6)7/h9,11-13,17,21,23-24,27H,8,10,14-16,18-20H2,1-7H3/b11-9+/t23-,24+,27+/m1/s1. The fourth-order valence-electron chi connectivity index (χ4n) is 5.23. The van der Waals surface area contributed by atoms with E-state index in [0.717, 1.165) is 28.9 Å². The van der Waals surface area contributed by atoms with E-state index in [1.54, 1.807) is 4.90 Å². The molecule has 0 radical (unpaired) electrons. The van der Waals surface area contributed by atoms with Crippen molar-refractivity contribution in [2.75, 3.05) is 38.8 Å². The molecular formula is C32H46N4O6Si. The highest BCUT2D eigenvalue weighted by molar-refractivity contribution is 6.76. The number of benzene rings is 1. The summed E-state index contributed by atoms with van der Waals surface area (Å²) in [5, 5.41) is 0.752. The fourth-order valence-corrected chi connectivity index (χ4v) is 5.94. The van der Waals surface area contributed by atoms with Crippen LogP contribution in [-0.2, 0) is 23.9 Å². The van der Waals surface area contributed by atoms with Crippen molar-refractivity contribution in [3.05, 3.63) is 29.8 Å². The van der Waals surface area contributed by atoms with Gasteiger partial charge in [-0.2, -0.15) is 4.98 Å². The van der Waals surface area contributed by atoms with Crippen molar-refractivity contribution in [1.29, 1.82) is 0 Å². The van der Waals surface area contributed by atoms with E-state index in [4.69, 9.17) is 24.2 Å². The van der Waals surface area contributed by atoms with Gasteiger partial charge in [-0.15, -0.1) is 0 Å². The predicted molar refractivity (Wildman–Crippen MR) is 170 cm³/mol. The van der Waals surface area contributed by atoms with Crippen LogP contribution in [0.25, 0.3) is 17.0 Å². The summed E-state index contributed by atoms with van der Waals surface area (Å²) in [5.41, 5.74) is 1.70. The molecule has 2 aliphatic rings. The first-order valence-corrected chi connectivity index (χ1v) is 19.0. The summed E-state index contributed by atoms with van der Waals surface area (Å²) >= 11 is 0. The van der Waals surface area contributed by atoms with Crippen LogP contribution in [0, 0.1) is 11.8 Å². The largest absolute Gasteiger partial charge is 0.472 e. The number of esters is 2. The minimum Gasteiger partial charge on any atom is -0.472 e. The van der Waals surface area contributed by atoms with Crippen LogP contribution >= 0.6 is 0 Å². The molecular weight excluding hydrogens is 564 g/mol. The lowest BCUT2D eigenvalue weighted by atomic mass is 9.91. The monoisotopic (exact) mass is 610 g/mol. The van der Waals surface area contributed by atoms with E-state index >= 15 is 0 Å². The molecule has 11 heteroatoms. The van der Waals surface area contributed by atoms with Gasteiger partial charge in [0.25, 0.3) is 0 Å². The number of carbonyl (C=O) groups excluding carboxylic acids is 3. The Bertz CT molecular complexity index is 1360. The van der Waals surface area contributed by atoms with Crippen LogP contribution in [0.1, 0.15) is 45.1 Å². The molecule has 0 spiro atoms. The molecule has 1 fully saturated rings. The van der Waals surface area contributed by atoms with Crippen LogP contribution in [0.2, 0.25) is 25.7 Å². The molecule has 0 N–H and O–H groups in total. The van der Waals surface area contributed by atoms with Gasteiger partial charge in [0.15, 0.2) is 0 Å². The van der Waals surface area contributed by atoms with Gasteiger partial charge in [-0.3, -0.25) is 9.59 Å². The van der Waals surface area contributed by atoms with Crippen LogP contribution < -0.4 is 9.64 Å². The van der Waals surface area contributed by atoms with Crippen LogP contribution in [0.5, 0.6) is 5.88 Å². The summed E-state index contributed by atoms with van der Waals surface area (Å²) in [6, 6.07) is 5.92. The van der Waals surface area contributed by atoms with Crippen molar-refractivity contribution in [2.45, 2.75) is 77.4 Å². The highest BCUT2D eigenvalue weighted by atomic mass is 28.3. The molecule has 234 valence electrons. The van der Waals surface area contributed by atoms with Crippen molar-refractivity contribution in [3.8, 4) is 5.88 Å². The predicted octanol–water partition coefficient (Wildman–Crippen LogP) is 4.94. The molecule has 0 aliphatic carbocycles. The molecule has 2 aliphatic heterocycles. The quantitative estimate of drug-likeness (QED) is 0.332. The summed E-state index contributed by atoms with van der Waals surface area (Å²) < 4.78 is 17.7. The number of ether oxygens (including phenoxy) is 3. The van der Waals surface area contributed by atoms with Crippen molar-refractivity contribution in [2.24, 2.45) is 11.8 Å². The average molecular weight is 611 g/mol. The molecule has 43 heavy (non-hydrogen) atoms. The first-order chi connectivity index (χ1) is 20.3. The molecule has 0 unspecified atom stereocenters. The van der Waals surface area contributed by atoms with Gasteiger partial charge in [0, 0.05) is 28.6 Å². The van der Waals surface area contributed by atoms with E-state index in [9.17, 15) is 14.4 Å². The number of hydrogen-bond donors (Lipinski definition) is 0. The Morgan fingerprint density at radius 1 is 1.19 bits per heavy atom. The summed E-state index contributed by atoms with van der Waals surface area (Å²) in [6.45, 7) is 11.2. The Morgan fingerprint density at radius 3 is 2.65 bits per heavy atom. The number of aromatic nitrogens is 2. The van der Waals surface area contributed by atoms with Crippen molar-refractivity contribution in [1.82, 2.24) is 14.9 Å². The molecule has 1 aromatic heterocycles. The first kappa shape index (κ1) is 32.4. The van der Waals surface area contributed by atoms with E-state index in [1.165, 1.54) is 0 Å². The average Bonchev–Trinajstić information content (AvgIpc) is 3.35. The number of allylic oxidation sites excluding steroid dienone is 1. The number of fused-ring (bicyclic) bond motifs is 3. The van der Waals surface area contributed by atoms with Gasteiger partial charge in [-0.05, 0) is 42.5 Å². The lowest BCUT2D eigenvalue weighted by Gasteiger charge is -2.29. The SMILES string of the molecule is CC(C)[C@@H]1CC(=O)OCCC/C=C/c2ccc3nc(N(C)C)nc(c3c2)O[C@@H]2C[C@@H](C(=O)OCC[Si](C)(C)C)N(C2)C1=O. The van der Waals surface area contributed by atoms with Gasteiger partial charge in [0.1, 0.15) is 12.1 Å². The molecule has 1 saturated heterocycles. The van der Waals surface area contributed by atoms with Crippen molar-refractivity contribution in [3.63, 3.8) is 0 Å². The van der Waals surface area contributed by atoms with Gasteiger partial charge in [0.05, 0.1) is 43.0 Å². The van der Waals surface area contributed by atoms with E-state index in [1.807, 2.05) is 63.2 Å². The number of amides is 1. The fraction of sp³-hybridized carbons (Fsp3) is 0.594. The maximum absolute atomic E-state index is 14.0. The van der Waals surface area contributed by atoms with Crippen LogP contribution in [-0.4, -0.2) is 86.8 Å². The smallest absolute Gasteiger partial charge is 0.328 e. The topological polar surface area (TPSA) is 111 Å². The number of nitrogens with zero attached hydrogens (tertiary/aromatic N) is 4. The Kier molecular flexibility index (Phi) is 10.5. The lowest BCUT2D eigenvalue weighted by molar-refractivity contribution is -0.156. The first-order valence-electron chi connectivity index (χ1n) is 15.3. The normalized spacial score (nSPS) is 22.6. The Hall–Kier alpha value is -3.47. The van der Waals surface area contributed by atoms with E-state index in [0.29, 0.717) is 24.9 Å². The van der Waals surface area contributed by atoms with E-state index < -0.39 is 38.1 Å². The number of anilines is 1. The second-order valence-electron chi connectivity index (χ2n) is 13.3. The molecule has 1 amide bonds. The molecule has 1 aromatic carbocycles. The lowest BCUT2D eigenvalue weighted by Crippen LogP contribution is -2.46. The highest BCUT2D eigenvalue weighted by Gasteiger charge is 2.45. The van der Waals surface area contributed by atoms with Crippen LogP contribution in [0.4, 0.5) is 5.95 Å². The molecule has 10 nitrogen and oxygen atoms in total. The summed E-state index contributed by atoms with van der Waals surface area (Å²) in [7, 11) is 2.30. The van der Waals surface area contributed by atoms with Gasteiger partial charge in [0.2, 0.25) is 17.7 Å². The number of hydrogen-bond acceptors (Lipinski definition) is 9. The van der Waals surface area contributed by atoms with Crippen LogP contribution in [0.3, 0.4) is 0 Å². The minimum atomic E-state index is -1.43. The molecule has 3 heterocycles. The van der Waals surface area contributed by atoms with Crippen molar-refractivity contribution < 1.29 is 28.6 Å². The van der Waals surface area contributed by atoms with Crippen LogP contribution in [0.15, 0.2) is 24.3 Å². The van der Waals surface area contributed by atoms with Gasteiger partial charge in [-0.1, -0.05) is 51.7 Å². The zero-order valence-corrected chi connectivity index (χ0v) is 27.6. The molecule has 4 bridgehead atoms.